The molecule has 0 atom stereocenters. The third-order valence-corrected chi connectivity index (χ3v) is 7.03. The Balaban J connectivity index is 1.43. The largest absolute Gasteiger partial charge is 0.493 e. The summed E-state index contributed by atoms with van der Waals surface area (Å²) in [4.78, 5) is 26.9. The number of benzene rings is 2. The molecular weight excluding hydrogens is 475 g/mol. The first-order valence-corrected chi connectivity index (χ1v) is 12.3. The van der Waals surface area contributed by atoms with Crippen LogP contribution in [-0.4, -0.2) is 40.8 Å². The third kappa shape index (κ3) is 5.77. The normalized spacial score (nSPS) is 17.8. The number of nitrogens with zero attached hydrogens (tertiary/aromatic N) is 1. The second-order valence-corrected chi connectivity index (χ2v) is 9.76. The van der Waals surface area contributed by atoms with E-state index in [0.717, 1.165) is 30.2 Å². The molecule has 1 aliphatic carbocycles. The fourth-order valence-electron chi connectivity index (χ4n) is 3.92. The molecule has 1 aliphatic heterocycles. The summed E-state index contributed by atoms with van der Waals surface area (Å²) < 4.78 is 25.7. The molecule has 1 saturated heterocycles. The molecule has 178 valence electrons. The molecule has 9 heteroatoms. The number of halogens is 1. The molecule has 1 heterocycles. The van der Waals surface area contributed by atoms with Gasteiger partial charge in [-0.15, -0.1) is 0 Å². The van der Waals surface area contributed by atoms with Gasteiger partial charge in [0.2, 0.25) is 5.91 Å². The minimum atomic E-state index is -0.550. The molecule has 1 saturated carbocycles. The van der Waals surface area contributed by atoms with Crippen LogP contribution in [-0.2, 0) is 9.59 Å². The molecule has 2 aliphatic rings. The van der Waals surface area contributed by atoms with Crippen LogP contribution in [0, 0.1) is 5.82 Å². The Hall–Kier alpha value is -2.91. The monoisotopic (exact) mass is 500 g/mol. The fourth-order valence-corrected chi connectivity index (χ4v) is 5.17. The van der Waals surface area contributed by atoms with Crippen molar-refractivity contribution in [3.8, 4) is 11.5 Å². The first kappa shape index (κ1) is 24.2. The third-order valence-electron chi connectivity index (χ3n) is 5.65. The predicted octanol–water partition coefficient (Wildman–Crippen LogP) is 5.39. The number of ether oxygens (including phenoxy) is 2. The topological polar surface area (TPSA) is 67.9 Å². The highest BCUT2D eigenvalue weighted by Gasteiger charge is 2.33. The minimum absolute atomic E-state index is 0.0520. The zero-order valence-corrected chi connectivity index (χ0v) is 20.3. The van der Waals surface area contributed by atoms with Crippen molar-refractivity contribution < 1.29 is 23.5 Å². The quantitative estimate of drug-likeness (QED) is 0.406. The summed E-state index contributed by atoms with van der Waals surface area (Å²) in [5.74, 6) is -0.178. The van der Waals surface area contributed by atoms with Crippen molar-refractivity contribution in [3.63, 3.8) is 0 Å². The number of carbonyl (C=O) groups is 2. The molecule has 0 spiro atoms. The van der Waals surface area contributed by atoms with E-state index in [1.807, 2.05) is 18.2 Å². The number of para-hydroxylation sites is 1. The number of amides is 2. The number of hydrogen-bond acceptors (Lipinski definition) is 6. The van der Waals surface area contributed by atoms with Crippen LogP contribution >= 0.6 is 24.0 Å². The van der Waals surface area contributed by atoms with Gasteiger partial charge in [-0.3, -0.25) is 14.5 Å². The Morgan fingerprint density at radius 2 is 1.97 bits per heavy atom. The van der Waals surface area contributed by atoms with Gasteiger partial charge in [0, 0.05) is 0 Å². The zero-order valence-electron chi connectivity index (χ0n) is 18.7. The van der Waals surface area contributed by atoms with E-state index in [4.69, 9.17) is 21.7 Å². The van der Waals surface area contributed by atoms with Crippen molar-refractivity contribution in [2.75, 3.05) is 19.0 Å². The molecule has 2 fully saturated rings. The number of rotatable bonds is 7. The lowest BCUT2D eigenvalue weighted by molar-refractivity contribution is -0.126. The number of methoxy groups -OCH3 is 1. The Labute approximate surface area is 207 Å². The number of thioether (sulfide) groups is 1. The summed E-state index contributed by atoms with van der Waals surface area (Å²) in [5, 5.41) is 2.47. The van der Waals surface area contributed by atoms with Crippen LogP contribution in [0.1, 0.15) is 37.7 Å². The Bertz CT molecular complexity index is 1130. The van der Waals surface area contributed by atoms with Crippen LogP contribution in [0.25, 0.3) is 6.08 Å². The first-order valence-electron chi connectivity index (χ1n) is 11.1. The average Bonchev–Trinajstić information content (AvgIpc) is 3.09. The van der Waals surface area contributed by atoms with E-state index in [1.54, 1.807) is 19.3 Å². The zero-order chi connectivity index (χ0) is 24.1. The molecule has 2 aromatic carbocycles. The molecule has 6 nitrogen and oxygen atoms in total. The van der Waals surface area contributed by atoms with Gasteiger partial charge in [-0.25, -0.2) is 4.39 Å². The Kier molecular flexibility index (Phi) is 7.84. The minimum Gasteiger partial charge on any atom is -0.493 e. The molecule has 2 amide bonds. The van der Waals surface area contributed by atoms with Crippen molar-refractivity contribution in [1.82, 2.24) is 4.90 Å². The van der Waals surface area contributed by atoms with Crippen LogP contribution < -0.4 is 14.8 Å². The lowest BCUT2D eigenvalue weighted by atomic mass is 9.98. The van der Waals surface area contributed by atoms with E-state index < -0.39 is 11.7 Å². The Morgan fingerprint density at radius 3 is 2.71 bits per heavy atom. The fraction of sp³-hybridized carbons (Fsp3) is 0.320. The van der Waals surface area contributed by atoms with Crippen LogP contribution in [0.2, 0.25) is 0 Å². The van der Waals surface area contributed by atoms with E-state index in [-0.39, 0.29) is 28.6 Å². The van der Waals surface area contributed by atoms with Gasteiger partial charge in [0.15, 0.2) is 11.5 Å². The maximum atomic E-state index is 13.8. The summed E-state index contributed by atoms with van der Waals surface area (Å²) in [5.41, 5.74) is 0.806. The van der Waals surface area contributed by atoms with Crippen molar-refractivity contribution in [3.05, 3.63) is 58.8 Å². The smallest absolute Gasteiger partial charge is 0.266 e. The maximum Gasteiger partial charge on any atom is 0.266 e. The van der Waals surface area contributed by atoms with Crippen molar-refractivity contribution >= 4 is 51.9 Å². The van der Waals surface area contributed by atoms with Gasteiger partial charge in [0.05, 0.1) is 23.8 Å². The summed E-state index contributed by atoms with van der Waals surface area (Å²) in [6.07, 6.45) is 7.58. The van der Waals surface area contributed by atoms with Crippen LogP contribution in [0.4, 0.5) is 10.1 Å². The van der Waals surface area contributed by atoms with Crippen LogP contribution in [0.5, 0.6) is 11.5 Å². The van der Waals surface area contributed by atoms with Gasteiger partial charge in [0.1, 0.15) is 16.7 Å². The van der Waals surface area contributed by atoms with Crippen molar-refractivity contribution in [1.29, 1.82) is 0 Å². The van der Waals surface area contributed by atoms with E-state index in [1.165, 1.54) is 42.4 Å². The Morgan fingerprint density at radius 1 is 1.21 bits per heavy atom. The summed E-state index contributed by atoms with van der Waals surface area (Å²) >= 11 is 6.43. The van der Waals surface area contributed by atoms with Gasteiger partial charge in [0.25, 0.3) is 5.91 Å². The van der Waals surface area contributed by atoms with Crippen LogP contribution in [0.15, 0.2) is 47.4 Å². The van der Waals surface area contributed by atoms with Gasteiger partial charge < -0.3 is 14.8 Å². The first-order chi connectivity index (χ1) is 16.4. The van der Waals surface area contributed by atoms with Crippen molar-refractivity contribution in [2.24, 2.45) is 0 Å². The number of thiocarbonyl (C=S) groups is 1. The maximum absolute atomic E-state index is 13.8. The highest BCUT2D eigenvalue weighted by Crippen LogP contribution is 2.36. The second-order valence-electron chi connectivity index (χ2n) is 8.08. The molecular formula is C25H25FN2O4S2. The summed E-state index contributed by atoms with van der Waals surface area (Å²) in [6.45, 7) is -0.298. The highest BCUT2D eigenvalue weighted by molar-refractivity contribution is 8.26. The SMILES string of the molecule is COc1cc(/C=C2\SC(=S)N(CC(=O)Nc3ccccc3F)C2=O)ccc1OC1CCCCC1. The van der Waals surface area contributed by atoms with E-state index in [9.17, 15) is 14.0 Å². The molecule has 0 aromatic heterocycles. The molecule has 1 N–H and O–H groups in total. The lowest BCUT2D eigenvalue weighted by Crippen LogP contribution is -2.36. The summed E-state index contributed by atoms with van der Waals surface area (Å²) in [7, 11) is 1.58. The van der Waals surface area contributed by atoms with Gasteiger partial charge in [-0.05, 0) is 61.6 Å². The second kappa shape index (κ2) is 11.0. The number of carbonyl (C=O) groups excluding carboxylic acids is 2. The van der Waals surface area contributed by atoms with E-state index in [0.29, 0.717) is 16.4 Å². The van der Waals surface area contributed by atoms with Gasteiger partial charge >= 0.3 is 0 Å². The number of anilines is 1. The lowest BCUT2D eigenvalue weighted by Gasteiger charge is -2.24. The molecule has 0 unspecified atom stereocenters. The average molecular weight is 501 g/mol. The molecule has 0 radical (unpaired) electrons. The predicted molar refractivity (Wildman–Crippen MR) is 135 cm³/mol. The van der Waals surface area contributed by atoms with E-state index in [2.05, 4.69) is 5.32 Å². The standard InChI is InChI=1S/C25H25FN2O4S2/c1-31-21-13-16(11-12-20(21)32-17-7-3-2-4-8-17)14-22-24(30)28(25(33)34-22)15-23(29)27-19-10-6-5-9-18(19)26/h5-6,9-14,17H,2-4,7-8,15H2,1H3,(H,27,29)/b22-14-. The van der Waals surface area contributed by atoms with Crippen LogP contribution in [0.3, 0.4) is 0 Å². The highest BCUT2D eigenvalue weighted by atomic mass is 32.2. The molecule has 0 bridgehead atoms. The summed E-state index contributed by atoms with van der Waals surface area (Å²) in [6, 6.07) is 11.4. The number of hydrogen-bond donors (Lipinski definition) is 1. The van der Waals surface area contributed by atoms with Gasteiger partial charge in [-0.2, -0.15) is 0 Å². The molecule has 4 rings (SSSR count). The van der Waals surface area contributed by atoms with Crippen molar-refractivity contribution in [2.45, 2.75) is 38.2 Å². The number of nitrogens with one attached hydrogen (secondary N) is 1. The molecule has 34 heavy (non-hydrogen) atoms. The van der Waals surface area contributed by atoms with Gasteiger partial charge in [-0.1, -0.05) is 48.6 Å². The van der Waals surface area contributed by atoms with E-state index >= 15 is 0 Å². The molecule has 2 aromatic rings.